The Morgan fingerprint density at radius 2 is 0.667 bits per heavy atom. The molecule has 6 heteroatoms. The molecule has 0 radical (unpaired) electrons. The van der Waals surface area contributed by atoms with Gasteiger partial charge in [-0.1, -0.05) is 227 Å². The van der Waals surface area contributed by atoms with Crippen molar-refractivity contribution in [2.45, 2.75) is 252 Å². The van der Waals surface area contributed by atoms with E-state index in [1.807, 2.05) is 0 Å². The molecule has 0 aliphatic rings. The molecule has 0 saturated carbocycles. The zero-order valence-electron chi connectivity index (χ0n) is 42.9. The van der Waals surface area contributed by atoms with Crippen molar-refractivity contribution in [2.24, 2.45) is 0 Å². The van der Waals surface area contributed by atoms with Gasteiger partial charge in [-0.3, -0.25) is 14.4 Å². The Balaban J connectivity index is 4.41. The predicted octanol–water partition coefficient (Wildman–Crippen LogP) is 18.1. The van der Waals surface area contributed by atoms with Crippen molar-refractivity contribution in [3.63, 3.8) is 0 Å². The number of esters is 3. The molecule has 0 spiro atoms. The Hall–Kier alpha value is -3.67. The van der Waals surface area contributed by atoms with Crippen LogP contribution in [-0.2, 0) is 28.6 Å². The van der Waals surface area contributed by atoms with E-state index in [1.54, 1.807) is 0 Å². The summed E-state index contributed by atoms with van der Waals surface area (Å²) in [5, 5.41) is 0. The van der Waals surface area contributed by atoms with Crippen molar-refractivity contribution in [3.8, 4) is 0 Å². The molecule has 0 aliphatic carbocycles. The first kappa shape index (κ1) is 62.3. The number of ether oxygens (including phenoxy) is 3. The van der Waals surface area contributed by atoms with Crippen LogP contribution < -0.4 is 0 Å². The van der Waals surface area contributed by atoms with E-state index in [0.29, 0.717) is 19.3 Å². The van der Waals surface area contributed by atoms with Gasteiger partial charge in [-0.05, 0) is 96.3 Å². The van der Waals surface area contributed by atoms with Crippen LogP contribution in [0.25, 0.3) is 0 Å². The second kappa shape index (κ2) is 53.9. The summed E-state index contributed by atoms with van der Waals surface area (Å²) in [6, 6.07) is 0. The summed E-state index contributed by atoms with van der Waals surface area (Å²) in [6.07, 6.45) is 71.0. The number of hydrogen-bond acceptors (Lipinski definition) is 6. The van der Waals surface area contributed by atoms with E-state index in [-0.39, 0.29) is 31.1 Å². The smallest absolute Gasteiger partial charge is 0.306 e. The van der Waals surface area contributed by atoms with E-state index in [9.17, 15) is 14.4 Å². The summed E-state index contributed by atoms with van der Waals surface area (Å²) in [6.45, 7) is 6.34. The van der Waals surface area contributed by atoms with E-state index in [0.717, 1.165) is 116 Å². The molecule has 1 unspecified atom stereocenters. The summed E-state index contributed by atoms with van der Waals surface area (Å²) in [7, 11) is 0. The molecule has 0 bridgehead atoms. The lowest BCUT2D eigenvalue weighted by Gasteiger charge is -2.18. The van der Waals surface area contributed by atoms with Crippen molar-refractivity contribution in [3.05, 3.63) is 97.2 Å². The minimum atomic E-state index is -0.795. The Labute approximate surface area is 407 Å². The highest BCUT2D eigenvalue weighted by Gasteiger charge is 2.19. The highest BCUT2D eigenvalue weighted by atomic mass is 16.6. The van der Waals surface area contributed by atoms with E-state index >= 15 is 0 Å². The molecule has 66 heavy (non-hydrogen) atoms. The number of rotatable bonds is 48. The van der Waals surface area contributed by atoms with Crippen LogP contribution in [0, 0.1) is 0 Å². The molecule has 0 fully saturated rings. The van der Waals surface area contributed by atoms with Crippen LogP contribution in [0.2, 0.25) is 0 Å². The van der Waals surface area contributed by atoms with Gasteiger partial charge in [0.2, 0.25) is 0 Å². The molecular weight excluding hydrogens is 817 g/mol. The molecule has 0 heterocycles. The van der Waals surface area contributed by atoms with Crippen LogP contribution >= 0.6 is 0 Å². The van der Waals surface area contributed by atoms with Crippen LogP contribution in [0.4, 0.5) is 0 Å². The van der Waals surface area contributed by atoms with Crippen molar-refractivity contribution >= 4 is 17.9 Å². The molecule has 0 saturated heterocycles. The zero-order valence-corrected chi connectivity index (χ0v) is 42.9. The molecule has 0 aromatic rings. The average Bonchev–Trinajstić information content (AvgIpc) is 3.31. The van der Waals surface area contributed by atoms with Crippen LogP contribution in [0.3, 0.4) is 0 Å². The highest BCUT2D eigenvalue weighted by Crippen LogP contribution is 2.15. The monoisotopic (exact) mass is 917 g/mol. The summed E-state index contributed by atoms with van der Waals surface area (Å²) in [4.78, 5) is 38.1. The van der Waals surface area contributed by atoms with Gasteiger partial charge in [0.25, 0.3) is 0 Å². The summed E-state index contributed by atoms with van der Waals surface area (Å²) < 4.78 is 16.8. The molecule has 0 N–H and O–H groups in total. The first-order chi connectivity index (χ1) is 32.5. The second-order valence-electron chi connectivity index (χ2n) is 17.8. The number of unbranched alkanes of at least 4 members (excludes halogenated alkanes) is 24. The third-order valence-corrected chi connectivity index (χ3v) is 11.4. The van der Waals surface area contributed by atoms with Crippen LogP contribution in [0.15, 0.2) is 97.2 Å². The third-order valence-electron chi connectivity index (χ3n) is 11.4. The quantitative estimate of drug-likeness (QED) is 0.0199. The van der Waals surface area contributed by atoms with Gasteiger partial charge in [-0.25, -0.2) is 0 Å². The van der Waals surface area contributed by atoms with Crippen LogP contribution in [-0.4, -0.2) is 37.2 Å². The summed E-state index contributed by atoms with van der Waals surface area (Å²) in [5.41, 5.74) is 0. The predicted molar refractivity (Wildman–Crippen MR) is 284 cm³/mol. The summed E-state index contributed by atoms with van der Waals surface area (Å²) >= 11 is 0. The fourth-order valence-electron chi connectivity index (χ4n) is 7.33. The maximum Gasteiger partial charge on any atom is 0.306 e. The molecule has 1 atom stereocenters. The Morgan fingerprint density at radius 1 is 0.333 bits per heavy atom. The number of allylic oxidation sites excluding steroid dienone is 16. The molecular formula is C60H100O6. The van der Waals surface area contributed by atoms with Crippen molar-refractivity contribution in [1.29, 1.82) is 0 Å². The minimum Gasteiger partial charge on any atom is -0.462 e. The van der Waals surface area contributed by atoms with Crippen LogP contribution in [0.1, 0.15) is 245 Å². The van der Waals surface area contributed by atoms with Crippen molar-refractivity contribution in [2.75, 3.05) is 13.2 Å². The number of carbonyl (C=O) groups is 3. The topological polar surface area (TPSA) is 78.9 Å². The maximum absolute atomic E-state index is 12.8. The van der Waals surface area contributed by atoms with Gasteiger partial charge in [-0.2, -0.15) is 0 Å². The van der Waals surface area contributed by atoms with Crippen molar-refractivity contribution < 1.29 is 28.6 Å². The second-order valence-corrected chi connectivity index (χ2v) is 17.8. The Bertz CT molecular complexity index is 1330. The van der Waals surface area contributed by atoms with Crippen LogP contribution in [0.5, 0.6) is 0 Å². The largest absolute Gasteiger partial charge is 0.462 e. The molecule has 0 aromatic heterocycles. The Morgan fingerprint density at radius 3 is 1.11 bits per heavy atom. The molecule has 0 rings (SSSR count). The first-order valence-corrected chi connectivity index (χ1v) is 27.3. The highest BCUT2D eigenvalue weighted by molar-refractivity contribution is 5.71. The first-order valence-electron chi connectivity index (χ1n) is 27.3. The maximum atomic E-state index is 12.8. The van der Waals surface area contributed by atoms with Crippen molar-refractivity contribution in [1.82, 2.24) is 0 Å². The molecule has 0 amide bonds. The Kier molecular flexibility index (Phi) is 50.9. The third kappa shape index (κ3) is 51.3. The molecule has 6 nitrogen and oxygen atoms in total. The van der Waals surface area contributed by atoms with E-state index in [4.69, 9.17) is 14.2 Å². The number of carbonyl (C=O) groups excluding carboxylic acids is 3. The lowest BCUT2D eigenvalue weighted by molar-refractivity contribution is -0.167. The summed E-state index contributed by atoms with van der Waals surface area (Å²) in [5.74, 6) is -0.930. The fraction of sp³-hybridized carbons (Fsp3) is 0.683. The standard InChI is InChI=1S/C60H100O6/c1-4-7-10-13-16-19-22-25-27-29-30-31-33-35-38-41-44-47-50-53-59(62)65-56-57(55-64-58(61)52-49-46-43-40-37-34-24-21-18-15-12-9-6-3)66-60(63)54-51-48-45-42-39-36-32-28-26-23-20-17-14-11-8-5-2/h8-9,11-12,15-22,24-26,28,57H,4-7,10,13-14,23,27,29-56H2,1-3H3/b11-8+,12-9+,18-15+,19-16+,20-17+,24-21+,25-22+,28-26+. The average molecular weight is 917 g/mol. The lowest BCUT2D eigenvalue weighted by atomic mass is 10.1. The van der Waals surface area contributed by atoms with E-state index < -0.39 is 6.10 Å². The normalized spacial score (nSPS) is 12.8. The molecule has 0 aliphatic heterocycles. The zero-order chi connectivity index (χ0) is 47.9. The molecule has 376 valence electrons. The SMILES string of the molecule is CC/C=C/C=C/C=C/CCCCCCCC(=O)OCC(COC(=O)CCCCCCCCCCCC/C=C/C=C/CCCCC)OC(=O)CCCCCCCC/C=C/C/C=C/C/C=C/CC. The van der Waals surface area contributed by atoms with Gasteiger partial charge >= 0.3 is 17.9 Å². The van der Waals surface area contributed by atoms with Gasteiger partial charge in [0.15, 0.2) is 6.10 Å². The minimum absolute atomic E-state index is 0.0922. The fourth-order valence-corrected chi connectivity index (χ4v) is 7.33. The molecule has 0 aromatic carbocycles. The van der Waals surface area contributed by atoms with Gasteiger partial charge in [0, 0.05) is 19.3 Å². The number of hydrogen-bond donors (Lipinski definition) is 0. The van der Waals surface area contributed by atoms with E-state index in [1.165, 1.54) is 89.9 Å². The van der Waals surface area contributed by atoms with E-state index in [2.05, 4.69) is 118 Å². The van der Waals surface area contributed by atoms with Gasteiger partial charge in [-0.15, -0.1) is 0 Å². The van der Waals surface area contributed by atoms with Gasteiger partial charge < -0.3 is 14.2 Å². The van der Waals surface area contributed by atoms with Gasteiger partial charge in [0.1, 0.15) is 13.2 Å². The van der Waals surface area contributed by atoms with Gasteiger partial charge in [0.05, 0.1) is 0 Å². The lowest BCUT2D eigenvalue weighted by Crippen LogP contribution is -2.30.